The summed E-state index contributed by atoms with van der Waals surface area (Å²) >= 11 is 0. The summed E-state index contributed by atoms with van der Waals surface area (Å²) in [5, 5.41) is 2.59. The molecule has 22 heavy (non-hydrogen) atoms. The Labute approximate surface area is 130 Å². The van der Waals surface area contributed by atoms with E-state index in [0.717, 1.165) is 0 Å². The van der Waals surface area contributed by atoms with Crippen LogP contribution in [0, 0.1) is 0 Å². The van der Waals surface area contributed by atoms with Crippen molar-refractivity contribution >= 4 is 21.9 Å². The largest absolute Gasteiger partial charge is 0.355 e. The van der Waals surface area contributed by atoms with Gasteiger partial charge in [-0.25, -0.2) is 18.4 Å². The van der Waals surface area contributed by atoms with E-state index in [2.05, 4.69) is 15.3 Å². The Kier molecular flexibility index (Phi) is 5.67. The first-order chi connectivity index (χ1) is 10.5. The van der Waals surface area contributed by atoms with Crippen molar-refractivity contribution < 1.29 is 13.2 Å². The number of rotatable bonds is 6. The van der Waals surface area contributed by atoms with Gasteiger partial charge in [-0.1, -0.05) is 6.92 Å². The first-order valence-corrected chi connectivity index (χ1v) is 8.90. The van der Waals surface area contributed by atoms with Crippen molar-refractivity contribution in [2.24, 2.45) is 0 Å². The fourth-order valence-corrected chi connectivity index (χ4v) is 3.53. The molecule has 0 aliphatic carbocycles. The van der Waals surface area contributed by atoms with Crippen molar-refractivity contribution in [3.8, 4) is 0 Å². The maximum absolute atomic E-state index is 12.2. The summed E-state index contributed by atoms with van der Waals surface area (Å²) in [5.41, 5.74) is 0. The lowest BCUT2D eigenvalue weighted by atomic mass is 10.4. The number of aromatic nitrogens is 2. The smallest absolute Gasteiger partial charge is 0.225 e. The zero-order valence-electron chi connectivity index (χ0n) is 12.6. The third kappa shape index (κ3) is 4.38. The van der Waals surface area contributed by atoms with Gasteiger partial charge in [0, 0.05) is 51.5 Å². The van der Waals surface area contributed by atoms with Crippen molar-refractivity contribution in [2.45, 2.75) is 13.3 Å². The third-order valence-corrected chi connectivity index (χ3v) is 5.34. The highest BCUT2D eigenvalue weighted by Crippen LogP contribution is 2.12. The third-order valence-electron chi connectivity index (χ3n) is 3.47. The van der Waals surface area contributed by atoms with Crippen molar-refractivity contribution in [3.05, 3.63) is 18.5 Å². The van der Waals surface area contributed by atoms with E-state index in [4.69, 9.17) is 0 Å². The Balaban J connectivity index is 1.84. The fraction of sp³-hybridized carbons (Fsp3) is 0.615. The summed E-state index contributed by atoms with van der Waals surface area (Å²) in [4.78, 5) is 21.4. The normalized spacial score (nSPS) is 16.5. The molecule has 1 aromatic rings. The molecule has 0 unspecified atom stereocenters. The second-order valence-electron chi connectivity index (χ2n) is 4.95. The van der Waals surface area contributed by atoms with Crippen LogP contribution in [0.3, 0.4) is 0 Å². The molecule has 9 heteroatoms. The average Bonchev–Trinajstić information content (AvgIpc) is 2.55. The van der Waals surface area contributed by atoms with Crippen LogP contribution in [0.15, 0.2) is 18.5 Å². The molecule has 1 N–H and O–H groups in total. The molecule has 8 nitrogen and oxygen atoms in total. The molecule has 2 heterocycles. The summed E-state index contributed by atoms with van der Waals surface area (Å²) < 4.78 is 25.9. The molecule has 1 aromatic heterocycles. The van der Waals surface area contributed by atoms with Gasteiger partial charge in [-0.3, -0.25) is 4.79 Å². The molecular weight excluding hydrogens is 306 g/mol. The minimum atomic E-state index is -3.34. The van der Waals surface area contributed by atoms with Gasteiger partial charge >= 0.3 is 0 Å². The molecule has 0 aromatic carbocycles. The van der Waals surface area contributed by atoms with E-state index < -0.39 is 10.0 Å². The Hall–Kier alpha value is -1.74. The molecular formula is C13H21N5O3S. The van der Waals surface area contributed by atoms with Gasteiger partial charge < -0.3 is 10.2 Å². The SMILES string of the molecule is CCC(=O)NCCS(=O)(=O)N1CCN(c2ncccn2)CC1. The number of hydrogen-bond acceptors (Lipinski definition) is 6. The van der Waals surface area contributed by atoms with Crippen LogP contribution in [0.4, 0.5) is 5.95 Å². The summed E-state index contributed by atoms with van der Waals surface area (Å²) in [5.74, 6) is 0.414. The van der Waals surface area contributed by atoms with Crippen LogP contribution in [0.1, 0.15) is 13.3 Å². The van der Waals surface area contributed by atoms with Gasteiger partial charge in [0.25, 0.3) is 0 Å². The Bertz CT molecular complexity index is 585. The van der Waals surface area contributed by atoms with E-state index in [1.165, 1.54) is 4.31 Å². The molecule has 1 aliphatic rings. The molecule has 1 fully saturated rings. The van der Waals surface area contributed by atoms with Crippen LogP contribution in [-0.2, 0) is 14.8 Å². The molecule has 1 saturated heterocycles. The number of piperazine rings is 1. The van der Waals surface area contributed by atoms with Crippen LogP contribution < -0.4 is 10.2 Å². The predicted octanol–water partition coefficient (Wildman–Crippen LogP) is -0.545. The maximum Gasteiger partial charge on any atom is 0.225 e. The van der Waals surface area contributed by atoms with Crippen LogP contribution in [0.2, 0.25) is 0 Å². The predicted molar refractivity (Wildman–Crippen MR) is 82.9 cm³/mol. The van der Waals surface area contributed by atoms with Crippen LogP contribution in [0.5, 0.6) is 0 Å². The van der Waals surface area contributed by atoms with Gasteiger partial charge in [0.1, 0.15) is 0 Å². The molecule has 0 saturated carbocycles. The second-order valence-corrected chi connectivity index (χ2v) is 7.04. The summed E-state index contributed by atoms with van der Waals surface area (Å²) in [6.45, 7) is 3.81. The van der Waals surface area contributed by atoms with Gasteiger partial charge in [0.05, 0.1) is 5.75 Å². The lowest BCUT2D eigenvalue weighted by molar-refractivity contribution is -0.120. The van der Waals surface area contributed by atoms with E-state index in [0.29, 0.717) is 38.5 Å². The van der Waals surface area contributed by atoms with E-state index in [-0.39, 0.29) is 18.2 Å². The summed E-state index contributed by atoms with van der Waals surface area (Å²) in [7, 11) is -3.34. The van der Waals surface area contributed by atoms with Gasteiger partial charge in [-0.05, 0) is 6.07 Å². The molecule has 0 atom stereocenters. The number of nitrogens with zero attached hydrogens (tertiary/aromatic N) is 4. The number of hydrogen-bond donors (Lipinski definition) is 1. The van der Waals surface area contributed by atoms with E-state index in [9.17, 15) is 13.2 Å². The molecule has 122 valence electrons. The first-order valence-electron chi connectivity index (χ1n) is 7.29. The highest BCUT2D eigenvalue weighted by Gasteiger charge is 2.27. The Morgan fingerprint density at radius 3 is 2.45 bits per heavy atom. The maximum atomic E-state index is 12.2. The summed E-state index contributed by atoms with van der Waals surface area (Å²) in [6, 6.07) is 1.74. The minimum Gasteiger partial charge on any atom is -0.355 e. The standard InChI is InChI=1S/C13H21N5O3S/c1-2-12(19)14-6-11-22(20,21)18-9-7-17(8-10-18)13-15-4-3-5-16-13/h3-5H,2,6-11H2,1H3,(H,14,19). The molecule has 0 bridgehead atoms. The molecule has 1 aliphatic heterocycles. The Morgan fingerprint density at radius 1 is 1.23 bits per heavy atom. The van der Waals surface area contributed by atoms with Crippen molar-refractivity contribution in [2.75, 3.05) is 43.4 Å². The Morgan fingerprint density at radius 2 is 1.86 bits per heavy atom. The minimum absolute atomic E-state index is 0.0689. The van der Waals surface area contributed by atoms with Crippen molar-refractivity contribution in [3.63, 3.8) is 0 Å². The number of sulfonamides is 1. The van der Waals surface area contributed by atoms with Gasteiger partial charge in [0.15, 0.2) is 0 Å². The van der Waals surface area contributed by atoms with E-state index >= 15 is 0 Å². The summed E-state index contributed by atoms with van der Waals surface area (Å²) in [6.07, 6.45) is 3.69. The quantitative estimate of drug-likeness (QED) is 0.753. The number of amides is 1. The number of anilines is 1. The molecule has 2 rings (SSSR count). The van der Waals surface area contributed by atoms with E-state index in [1.807, 2.05) is 4.90 Å². The van der Waals surface area contributed by atoms with E-state index in [1.54, 1.807) is 25.4 Å². The number of nitrogens with one attached hydrogen (secondary N) is 1. The van der Waals surface area contributed by atoms with Gasteiger partial charge in [0.2, 0.25) is 21.9 Å². The zero-order chi connectivity index (χ0) is 16.0. The number of carbonyl (C=O) groups is 1. The lowest BCUT2D eigenvalue weighted by Gasteiger charge is -2.33. The van der Waals surface area contributed by atoms with Crippen LogP contribution >= 0.6 is 0 Å². The fourth-order valence-electron chi connectivity index (χ4n) is 2.19. The topological polar surface area (TPSA) is 95.5 Å². The van der Waals surface area contributed by atoms with Crippen LogP contribution in [0.25, 0.3) is 0 Å². The molecule has 0 spiro atoms. The van der Waals surface area contributed by atoms with Crippen molar-refractivity contribution in [1.82, 2.24) is 19.6 Å². The van der Waals surface area contributed by atoms with Gasteiger partial charge in [-0.15, -0.1) is 0 Å². The first kappa shape index (κ1) is 16.6. The van der Waals surface area contributed by atoms with Gasteiger partial charge in [-0.2, -0.15) is 4.31 Å². The average molecular weight is 327 g/mol. The monoisotopic (exact) mass is 327 g/mol. The molecule has 1 amide bonds. The zero-order valence-corrected chi connectivity index (χ0v) is 13.4. The second kappa shape index (κ2) is 7.50. The van der Waals surface area contributed by atoms with Crippen molar-refractivity contribution in [1.29, 1.82) is 0 Å². The highest BCUT2D eigenvalue weighted by molar-refractivity contribution is 7.89. The lowest BCUT2D eigenvalue weighted by Crippen LogP contribution is -2.50. The highest BCUT2D eigenvalue weighted by atomic mass is 32.2. The molecule has 0 radical (unpaired) electrons. The number of carbonyl (C=O) groups excluding carboxylic acids is 1. The van der Waals surface area contributed by atoms with Crippen LogP contribution in [-0.4, -0.2) is 67.1 Å².